The number of rotatable bonds is 8. The molecule has 1 aromatic heterocycles. The van der Waals surface area contributed by atoms with Gasteiger partial charge in [-0.2, -0.15) is 13.2 Å². The minimum absolute atomic E-state index is 0.00195. The third kappa shape index (κ3) is 7.69. The number of nitrogens with zero attached hydrogens (tertiary/aromatic N) is 3. The van der Waals surface area contributed by atoms with Crippen LogP contribution in [0.4, 0.5) is 13.2 Å². The molecular weight excluding hydrogens is 401 g/mol. The van der Waals surface area contributed by atoms with Crippen molar-refractivity contribution in [3.05, 3.63) is 23.9 Å². The number of aliphatic imine (C=N–C) groups is 1. The van der Waals surface area contributed by atoms with Crippen LogP contribution in [0.1, 0.15) is 25.3 Å². The second-order valence-electron chi connectivity index (χ2n) is 6.83. The molecule has 1 aliphatic rings. The highest BCUT2D eigenvalue weighted by atomic mass is 19.4. The molecule has 0 unspecified atom stereocenters. The number of piperidine rings is 1. The number of likely N-dealkylation sites (tertiary alicyclic amines) is 1. The average Bonchev–Trinajstić information content (AvgIpc) is 2.72. The lowest BCUT2D eigenvalue weighted by atomic mass is 10.1. The van der Waals surface area contributed by atoms with Crippen LogP contribution in [-0.2, 0) is 11.0 Å². The molecule has 0 saturated carbocycles. The van der Waals surface area contributed by atoms with Gasteiger partial charge in [-0.1, -0.05) is 0 Å². The molecule has 8 nitrogen and oxygen atoms in total. The van der Waals surface area contributed by atoms with E-state index in [2.05, 4.69) is 30.8 Å². The van der Waals surface area contributed by atoms with Gasteiger partial charge in [-0.25, -0.2) is 9.98 Å². The highest BCUT2D eigenvalue weighted by Gasteiger charge is 2.35. The minimum atomic E-state index is -4.52. The number of alkyl halides is 3. The summed E-state index contributed by atoms with van der Waals surface area (Å²) >= 11 is 0. The quantitative estimate of drug-likeness (QED) is 0.327. The Balaban J connectivity index is 1.82. The molecule has 0 aliphatic carbocycles. The molecule has 0 radical (unpaired) electrons. The van der Waals surface area contributed by atoms with Crippen molar-refractivity contribution >= 4 is 11.9 Å². The van der Waals surface area contributed by atoms with E-state index in [1.54, 1.807) is 7.05 Å². The van der Waals surface area contributed by atoms with Crippen molar-refractivity contribution in [3.63, 3.8) is 0 Å². The van der Waals surface area contributed by atoms with Gasteiger partial charge in [0.05, 0.1) is 13.1 Å². The Labute approximate surface area is 174 Å². The number of hydrogen-bond acceptors (Lipinski definition) is 5. The van der Waals surface area contributed by atoms with E-state index in [0.717, 1.165) is 32.0 Å². The van der Waals surface area contributed by atoms with Gasteiger partial charge in [0.15, 0.2) is 5.96 Å². The highest BCUT2D eigenvalue weighted by Crippen LogP contribution is 2.34. The number of aromatic nitrogens is 1. The molecule has 1 amide bonds. The van der Waals surface area contributed by atoms with Crippen LogP contribution in [0.5, 0.6) is 5.88 Å². The third-order valence-electron chi connectivity index (χ3n) is 4.60. The van der Waals surface area contributed by atoms with Crippen LogP contribution in [0, 0.1) is 0 Å². The summed E-state index contributed by atoms with van der Waals surface area (Å²) in [5.74, 6) is 0.141. The van der Waals surface area contributed by atoms with Crippen molar-refractivity contribution < 1.29 is 22.7 Å². The van der Waals surface area contributed by atoms with Crippen LogP contribution < -0.4 is 20.7 Å². The van der Waals surface area contributed by atoms with Crippen molar-refractivity contribution in [2.75, 3.05) is 46.4 Å². The Bertz CT molecular complexity index is 706. The molecule has 0 bridgehead atoms. The van der Waals surface area contributed by atoms with E-state index in [1.165, 1.54) is 12.3 Å². The lowest BCUT2D eigenvalue weighted by Gasteiger charge is -2.32. The maximum atomic E-state index is 13.0. The zero-order valence-electron chi connectivity index (χ0n) is 17.3. The molecule has 1 saturated heterocycles. The number of pyridine rings is 1. The van der Waals surface area contributed by atoms with Crippen LogP contribution in [0.15, 0.2) is 23.3 Å². The Hall–Kier alpha value is -2.56. The van der Waals surface area contributed by atoms with Crippen molar-refractivity contribution in [1.82, 2.24) is 25.8 Å². The molecule has 168 valence electrons. The zero-order valence-corrected chi connectivity index (χ0v) is 17.3. The van der Waals surface area contributed by atoms with Crippen LogP contribution >= 0.6 is 0 Å². The first-order valence-electron chi connectivity index (χ1n) is 9.96. The maximum Gasteiger partial charge on any atom is 0.421 e. The summed E-state index contributed by atoms with van der Waals surface area (Å²) in [4.78, 5) is 21.6. The van der Waals surface area contributed by atoms with E-state index in [-0.39, 0.29) is 25.1 Å². The number of ether oxygens (including phenoxy) is 1. The standard InChI is InChI=1S/C19H29F3N6O2/c1-3-24-18(27-14-6-10-28(11-7-14)13-16(29)23-2)26-9-12-30-17-15(19(20,21)22)5-4-8-25-17/h4-5,8,14H,3,6-7,9-13H2,1-2H3,(H,23,29)(H2,24,26,27). The fourth-order valence-corrected chi connectivity index (χ4v) is 3.05. The Morgan fingerprint density at radius 1 is 1.37 bits per heavy atom. The predicted octanol–water partition coefficient (Wildman–Crippen LogP) is 1.24. The maximum absolute atomic E-state index is 13.0. The SMILES string of the molecule is CCNC(=NCCOc1ncccc1C(F)(F)F)NC1CCN(CC(=O)NC)CC1. The number of halogens is 3. The summed E-state index contributed by atoms with van der Waals surface area (Å²) in [6.45, 7) is 4.73. The average molecular weight is 430 g/mol. The summed E-state index contributed by atoms with van der Waals surface area (Å²) in [7, 11) is 1.62. The van der Waals surface area contributed by atoms with Gasteiger partial charge in [-0.15, -0.1) is 0 Å². The van der Waals surface area contributed by atoms with Gasteiger partial charge in [-0.05, 0) is 31.9 Å². The number of carbonyl (C=O) groups excluding carboxylic acids is 1. The normalized spacial score (nSPS) is 16.2. The van der Waals surface area contributed by atoms with E-state index >= 15 is 0 Å². The fourth-order valence-electron chi connectivity index (χ4n) is 3.05. The second kappa shape index (κ2) is 11.6. The minimum Gasteiger partial charge on any atom is -0.475 e. The smallest absolute Gasteiger partial charge is 0.421 e. The van der Waals surface area contributed by atoms with Crippen molar-refractivity contribution in [2.45, 2.75) is 32.0 Å². The molecule has 3 N–H and O–H groups in total. The number of carbonyl (C=O) groups is 1. The monoisotopic (exact) mass is 430 g/mol. The summed E-state index contributed by atoms with van der Waals surface area (Å²) in [6.07, 6.45) is -1.53. The number of amides is 1. The van der Waals surface area contributed by atoms with Gasteiger partial charge in [0, 0.05) is 38.9 Å². The van der Waals surface area contributed by atoms with E-state index in [9.17, 15) is 18.0 Å². The van der Waals surface area contributed by atoms with Crippen LogP contribution in [0.2, 0.25) is 0 Å². The van der Waals surface area contributed by atoms with Crippen LogP contribution in [0.3, 0.4) is 0 Å². The van der Waals surface area contributed by atoms with Gasteiger partial charge >= 0.3 is 6.18 Å². The number of nitrogens with one attached hydrogen (secondary N) is 3. The summed E-state index contributed by atoms with van der Waals surface area (Å²) in [5.41, 5.74) is -0.900. The molecule has 30 heavy (non-hydrogen) atoms. The molecule has 1 aliphatic heterocycles. The second-order valence-corrected chi connectivity index (χ2v) is 6.83. The molecule has 2 heterocycles. The van der Waals surface area contributed by atoms with Crippen molar-refractivity contribution in [3.8, 4) is 5.88 Å². The molecule has 11 heteroatoms. The Morgan fingerprint density at radius 3 is 2.73 bits per heavy atom. The first-order chi connectivity index (χ1) is 14.3. The number of guanidine groups is 1. The number of likely N-dealkylation sites (N-methyl/N-ethyl adjacent to an activating group) is 1. The first-order valence-corrected chi connectivity index (χ1v) is 9.96. The lowest BCUT2D eigenvalue weighted by Crippen LogP contribution is -2.50. The van der Waals surface area contributed by atoms with Crippen molar-refractivity contribution in [1.29, 1.82) is 0 Å². The van der Waals surface area contributed by atoms with E-state index < -0.39 is 17.6 Å². The van der Waals surface area contributed by atoms with Gasteiger partial charge < -0.3 is 20.7 Å². The zero-order chi connectivity index (χ0) is 22.0. The van der Waals surface area contributed by atoms with Crippen LogP contribution in [0.25, 0.3) is 0 Å². The molecule has 0 atom stereocenters. The van der Waals surface area contributed by atoms with Gasteiger partial charge in [-0.3, -0.25) is 9.69 Å². The summed E-state index contributed by atoms with van der Waals surface area (Å²) in [5, 5.41) is 9.09. The van der Waals surface area contributed by atoms with Crippen molar-refractivity contribution in [2.24, 2.45) is 4.99 Å². The van der Waals surface area contributed by atoms with Gasteiger partial charge in [0.1, 0.15) is 12.2 Å². The molecule has 1 fully saturated rings. The molecule has 2 rings (SSSR count). The van der Waals surface area contributed by atoms with E-state index in [1.807, 2.05) is 6.92 Å². The molecule has 0 aromatic carbocycles. The molecule has 1 aromatic rings. The number of hydrogen-bond donors (Lipinski definition) is 3. The summed E-state index contributed by atoms with van der Waals surface area (Å²) in [6, 6.07) is 2.37. The predicted molar refractivity (Wildman–Crippen MR) is 107 cm³/mol. The summed E-state index contributed by atoms with van der Waals surface area (Å²) < 4.78 is 44.1. The fraction of sp³-hybridized carbons (Fsp3) is 0.632. The topological polar surface area (TPSA) is 90.9 Å². The van der Waals surface area contributed by atoms with E-state index in [4.69, 9.17) is 4.74 Å². The first kappa shape index (κ1) is 23.7. The lowest BCUT2D eigenvalue weighted by molar-refractivity contribution is -0.139. The van der Waals surface area contributed by atoms with E-state index in [0.29, 0.717) is 19.0 Å². The highest BCUT2D eigenvalue weighted by molar-refractivity contribution is 5.80. The largest absolute Gasteiger partial charge is 0.475 e. The third-order valence-corrected chi connectivity index (χ3v) is 4.60. The van der Waals surface area contributed by atoms with Gasteiger partial charge in [0.2, 0.25) is 11.8 Å². The molecular formula is C19H29F3N6O2. The van der Waals surface area contributed by atoms with Gasteiger partial charge in [0.25, 0.3) is 0 Å². The molecule has 0 spiro atoms. The van der Waals surface area contributed by atoms with Crippen LogP contribution in [-0.4, -0.2) is 74.2 Å². The Kier molecular flexibility index (Phi) is 9.15. The Morgan fingerprint density at radius 2 is 2.10 bits per heavy atom.